The lowest BCUT2D eigenvalue weighted by molar-refractivity contribution is -0.123. The number of carbonyl (C=O) groups excluding carboxylic acids is 1. The number of hydrogen-bond acceptors (Lipinski definition) is 6. The number of nitrogens with zero attached hydrogens (tertiary/aromatic N) is 1. The first kappa shape index (κ1) is 19.1. The average molecular weight is 474 g/mol. The molecule has 0 aromatic heterocycles. The van der Waals surface area contributed by atoms with Gasteiger partial charge in [0.1, 0.15) is 0 Å². The molecule has 0 saturated carbocycles. The number of rotatable bonds is 6. The van der Waals surface area contributed by atoms with E-state index < -0.39 is 5.91 Å². The van der Waals surface area contributed by atoms with Gasteiger partial charge in [0.2, 0.25) is 0 Å². The Morgan fingerprint density at radius 1 is 1.24 bits per heavy atom. The molecule has 3 N–H and O–H groups in total. The summed E-state index contributed by atoms with van der Waals surface area (Å²) in [6.45, 7) is -0.269. The van der Waals surface area contributed by atoms with Gasteiger partial charge in [0.05, 0.1) is 17.8 Å². The minimum absolute atomic E-state index is 0.233. The maximum Gasteiger partial charge on any atom is 0.277 e. The number of phenols is 2. The summed E-state index contributed by atoms with van der Waals surface area (Å²) in [6, 6.07) is 7.65. The average Bonchev–Trinajstić information content (AvgIpc) is 2.56. The molecular formula is C16H14Br2N2O5. The molecule has 0 saturated heterocycles. The van der Waals surface area contributed by atoms with Gasteiger partial charge in [-0.3, -0.25) is 4.79 Å². The molecule has 25 heavy (non-hydrogen) atoms. The van der Waals surface area contributed by atoms with Gasteiger partial charge in [0.15, 0.2) is 29.6 Å². The van der Waals surface area contributed by atoms with Gasteiger partial charge >= 0.3 is 0 Å². The first-order valence-electron chi connectivity index (χ1n) is 6.90. The maximum absolute atomic E-state index is 11.8. The van der Waals surface area contributed by atoms with Crippen LogP contribution in [-0.2, 0) is 4.79 Å². The van der Waals surface area contributed by atoms with Crippen LogP contribution in [0, 0.1) is 0 Å². The summed E-state index contributed by atoms with van der Waals surface area (Å²) >= 11 is 6.68. The van der Waals surface area contributed by atoms with Crippen LogP contribution in [-0.4, -0.2) is 36.1 Å². The molecule has 0 unspecified atom stereocenters. The normalized spacial score (nSPS) is 10.7. The number of benzene rings is 2. The van der Waals surface area contributed by atoms with Crippen molar-refractivity contribution >= 4 is 44.0 Å². The van der Waals surface area contributed by atoms with Crippen LogP contribution in [0.25, 0.3) is 0 Å². The number of halogens is 2. The zero-order chi connectivity index (χ0) is 18.4. The lowest BCUT2D eigenvalue weighted by Crippen LogP contribution is -2.24. The van der Waals surface area contributed by atoms with E-state index in [-0.39, 0.29) is 18.1 Å². The molecule has 2 aromatic carbocycles. The van der Waals surface area contributed by atoms with Crippen LogP contribution < -0.4 is 14.9 Å². The summed E-state index contributed by atoms with van der Waals surface area (Å²) in [5.74, 6) is -0.115. The largest absolute Gasteiger partial charge is 0.504 e. The van der Waals surface area contributed by atoms with Crippen LogP contribution in [0.5, 0.6) is 23.0 Å². The maximum atomic E-state index is 11.8. The molecule has 0 fully saturated rings. The molecule has 1 amide bonds. The smallest absolute Gasteiger partial charge is 0.277 e. The Morgan fingerprint density at radius 2 is 2.00 bits per heavy atom. The van der Waals surface area contributed by atoms with Crippen molar-refractivity contribution in [2.45, 2.75) is 0 Å². The number of aromatic hydroxyl groups is 2. The van der Waals surface area contributed by atoms with Crippen molar-refractivity contribution in [1.29, 1.82) is 0 Å². The van der Waals surface area contributed by atoms with E-state index in [1.807, 2.05) is 0 Å². The Labute approximate surface area is 160 Å². The fraction of sp³-hybridized carbons (Fsp3) is 0.125. The topological polar surface area (TPSA) is 100 Å². The molecule has 0 aliphatic rings. The van der Waals surface area contributed by atoms with Crippen molar-refractivity contribution in [3.8, 4) is 23.0 Å². The Balaban J connectivity index is 1.93. The molecule has 0 aliphatic carbocycles. The molecule has 0 aliphatic heterocycles. The van der Waals surface area contributed by atoms with Gasteiger partial charge in [-0.1, -0.05) is 15.9 Å². The third-order valence-corrected chi connectivity index (χ3v) is 3.99. The number of phenolic OH excluding ortho intramolecular Hbond substituents is 2. The molecule has 0 spiro atoms. The number of amides is 1. The van der Waals surface area contributed by atoms with Crippen molar-refractivity contribution in [3.05, 3.63) is 44.8 Å². The van der Waals surface area contributed by atoms with E-state index in [4.69, 9.17) is 9.47 Å². The minimum Gasteiger partial charge on any atom is -0.504 e. The molecule has 7 nitrogen and oxygen atoms in total. The molecule has 0 bridgehead atoms. The van der Waals surface area contributed by atoms with Crippen LogP contribution in [0.3, 0.4) is 0 Å². The number of methoxy groups -OCH3 is 1. The lowest BCUT2D eigenvalue weighted by atomic mass is 10.2. The standard InChI is InChI=1S/C16H14Br2N2O5/c1-24-14-6-10(17)5-11(18)16(14)25-8-15(23)20-19-7-9-2-3-12(21)13(22)4-9/h2-7,21-22H,8H2,1H3,(H,20,23)/b19-7+. The number of hydrogen-bond donors (Lipinski definition) is 3. The van der Waals surface area contributed by atoms with E-state index in [0.717, 1.165) is 4.47 Å². The van der Waals surface area contributed by atoms with E-state index in [1.54, 1.807) is 12.1 Å². The number of carbonyl (C=O) groups is 1. The van der Waals surface area contributed by atoms with E-state index in [9.17, 15) is 15.0 Å². The van der Waals surface area contributed by atoms with Gasteiger partial charge in [-0.2, -0.15) is 5.10 Å². The van der Waals surface area contributed by atoms with Crippen LogP contribution in [0.4, 0.5) is 0 Å². The Bertz CT molecular complexity index is 811. The van der Waals surface area contributed by atoms with Crippen molar-refractivity contribution < 1.29 is 24.5 Å². The van der Waals surface area contributed by atoms with E-state index in [1.165, 1.54) is 31.5 Å². The summed E-state index contributed by atoms with van der Waals surface area (Å²) < 4.78 is 12.1. The van der Waals surface area contributed by atoms with Crippen LogP contribution in [0.15, 0.2) is 44.4 Å². The molecule has 132 valence electrons. The molecule has 0 heterocycles. The van der Waals surface area contributed by atoms with Gasteiger partial charge in [0.25, 0.3) is 5.91 Å². The monoisotopic (exact) mass is 472 g/mol. The highest BCUT2D eigenvalue weighted by Crippen LogP contribution is 2.38. The van der Waals surface area contributed by atoms with Crippen molar-refractivity contribution in [3.63, 3.8) is 0 Å². The Hall–Kier alpha value is -2.26. The quantitative estimate of drug-likeness (QED) is 0.340. The molecule has 0 atom stereocenters. The van der Waals surface area contributed by atoms with Crippen LogP contribution in [0.1, 0.15) is 5.56 Å². The Morgan fingerprint density at radius 3 is 2.68 bits per heavy atom. The zero-order valence-corrected chi connectivity index (χ0v) is 16.2. The molecular weight excluding hydrogens is 460 g/mol. The van der Waals surface area contributed by atoms with E-state index in [2.05, 4.69) is 42.4 Å². The lowest BCUT2D eigenvalue weighted by Gasteiger charge is -2.12. The highest BCUT2D eigenvalue weighted by atomic mass is 79.9. The number of nitrogens with one attached hydrogen (secondary N) is 1. The second kappa shape index (κ2) is 8.72. The van der Waals surface area contributed by atoms with Crippen molar-refractivity contribution in [2.24, 2.45) is 5.10 Å². The van der Waals surface area contributed by atoms with Gasteiger partial charge < -0.3 is 19.7 Å². The first-order chi connectivity index (χ1) is 11.9. The van der Waals surface area contributed by atoms with Gasteiger partial charge in [-0.15, -0.1) is 0 Å². The summed E-state index contributed by atoms with van der Waals surface area (Å²) in [5.41, 5.74) is 2.81. The van der Waals surface area contributed by atoms with Gasteiger partial charge in [-0.05, 0) is 51.8 Å². The fourth-order valence-corrected chi connectivity index (χ4v) is 3.10. The molecule has 0 radical (unpaired) electrons. The Kier molecular flexibility index (Phi) is 6.65. The summed E-state index contributed by atoms with van der Waals surface area (Å²) in [6.07, 6.45) is 1.33. The van der Waals surface area contributed by atoms with Crippen LogP contribution >= 0.6 is 31.9 Å². The molecule has 2 aromatic rings. The van der Waals surface area contributed by atoms with Crippen molar-refractivity contribution in [2.75, 3.05) is 13.7 Å². The van der Waals surface area contributed by atoms with Gasteiger partial charge in [0, 0.05) is 4.47 Å². The zero-order valence-electron chi connectivity index (χ0n) is 13.0. The van der Waals surface area contributed by atoms with E-state index in [0.29, 0.717) is 21.5 Å². The van der Waals surface area contributed by atoms with Crippen LogP contribution in [0.2, 0.25) is 0 Å². The third kappa shape index (κ3) is 5.36. The number of hydrazone groups is 1. The summed E-state index contributed by atoms with van der Waals surface area (Å²) in [5, 5.41) is 22.4. The van der Waals surface area contributed by atoms with Gasteiger partial charge in [-0.25, -0.2) is 5.43 Å². The molecule has 9 heteroatoms. The number of ether oxygens (including phenoxy) is 2. The second-order valence-electron chi connectivity index (χ2n) is 4.75. The summed E-state index contributed by atoms with van der Waals surface area (Å²) in [7, 11) is 1.50. The molecule has 2 rings (SSSR count). The van der Waals surface area contributed by atoms with Crippen molar-refractivity contribution in [1.82, 2.24) is 5.43 Å². The first-order valence-corrected chi connectivity index (χ1v) is 8.49. The highest BCUT2D eigenvalue weighted by Gasteiger charge is 2.12. The summed E-state index contributed by atoms with van der Waals surface area (Å²) in [4.78, 5) is 11.8. The van der Waals surface area contributed by atoms with E-state index >= 15 is 0 Å². The third-order valence-electron chi connectivity index (χ3n) is 2.94. The minimum atomic E-state index is -0.476. The highest BCUT2D eigenvalue weighted by molar-refractivity contribution is 9.11. The SMILES string of the molecule is COc1cc(Br)cc(Br)c1OCC(=O)N/N=C/c1ccc(O)c(O)c1. The predicted octanol–water partition coefficient (Wildman–Crippen LogP) is 3.16. The second-order valence-corrected chi connectivity index (χ2v) is 6.52. The fourth-order valence-electron chi connectivity index (χ4n) is 1.80. The predicted molar refractivity (Wildman–Crippen MR) is 99.4 cm³/mol.